The van der Waals surface area contributed by atoms with Crippen LogP contribution in [0.25, 0.3) is 0 Å². The van der Waals surface area contributed by atoms with Crippen LogP contribution in [-0.4, -0.2) is 88.3 Å². The summed E-state index contributed by atoms with van der Waals surface area (Å²) in [5.74, 6) is 1.04. The molecule has 2 heterocycles. The molecule has 306 valence electrons. The largest absolute Gasteiger partial charge is 0.381 e. The summed E-state index contributed by atoms with van der Waals surface area (Å²) in [5.41, 5.74) is 8.25. The van der Waals surface area contributed by atoms with Gasteiger partial charge in [-0.25, -0.2) is 13.1 Å². The first kappa shape index (κ1) is 40.5. The van der Waals surface area contributed by atoms with E-state index in [1.54, 1.807) is 29.8 Å². The Balaban J connectivity index is 0.843. The van der Waals surface area contributed by atoms with E-state index < -0.39 is 15.9 Å². The number of rotatable bonds is 15. The molecule has 5 fully saturated rings. The maximum Gasteiger partial charge on any atom is 0.264 e. The Bertz CT molecular complexity index is 2050. The summed E-state index contributed by atoms with van der Waals surface area (Å²) in [6.45, 7) is 19.9. The van der Waals surface area contributed by atoms with E-state index in [9.17, 15) is 13.2 Å². The minimum absolute atomic E-state index is 0.0801. The van der Waals surface area contributed by atoms with E-state index in [2.05, 4.69) is 76.7 Å². The minimum Gasteiger partial charge on any atom is -0.381 e. The lowest BCUT2D eigenvalue weighted by molar-refractivity contribution is -0.167. The average Bonchev–Trinajstić information content (AvgIpc) is 3.15. The highest BCUT2D eigenvalue weighted by atomic mass is 32.2. The van der Waals surface area contributed by atoms with Crippen LogP contribution >= 0.6 is 11.8 Å². The summed E-state index contributed by atoms with van der Waals surface area (Å²) in [4.78, 5) is 22.1. The average molecular weight is 810 g/mol. The van der Waals surface area contributed by atoms with Gasteiger partial charge in [-0.05, 0) is 134 Å². The number of allylic oxidation sites excluding steroid dienone is 1. The number of thioether (sulfide) groups is 1. The molecule has 3 saturated carbocycles. The van der Waals surface area contributed by atoms with Crippen molar-refractivity contribution in [3.8, 4) is 0 Å². The summed E-state index contributed by atoms with van der Waals surface area (Å²) >= 11 is 1.83. The van der Waals surface area contributed by atoms with Gasteiger partial charge in [0.25, 0.3) is 15.9 Å². The number of carbonyl (C=O) groups is 1. The van der Waals surface area contributed by atoms with Gasteiger partial charge in [-0.2, -0.15) is 0 Å². The van der Waals surface area contributed by atoms with Crippen molar-refractivity contribution in [1.29, 1.82) is 0 Å². The molecule has 6 aliphatic rings. The predicted octanol–water partition coefficient (Wildman–Crippen LogP) is 8.85. The summed E-state index contributed by atoms with van der Waals surface area (Å²) < 4.78 is 29.2. The van der Waals surface area contributed by atoms with Crippen molar-refractivity contribution in [2.45, 2.75) is 95.4 Å². The van der Waals surface area contributed by atoms with Crippen molar-refractivity contribution in [2.75, 3.05) is 68.3 Å². The number of aryl methyl sites for hydroxylation is 1. The molecule has 0 spiro atoms. The number of anilines is 2. The fourth-order valence-corrected chi connectivity index (χ4v) is 12.7. The van der Waals surface area contributed by atoms with Crippen molar-refractivity contribution in [2.24, 2.45) is 22.2 Å². The van der Waals surface area contributed by atoms with E-state index in [0.717, 1.165) is 87.4 Å². The Morgan fingerprint density at radius 3 is 2.26 bits per heavy atom. The summed E-state index contributed by atoms with van der Waals surface area (Å²) in [7, 11) is -4.07. The molecule has 1 amide bonds. The Morgan fingerprint density at radius 1 is 0.912 bits per heavy atom. The molecule has 1 atom stereocenters. The normalized spacial score (nSPS) is 25.6. The third kappa shape index (κ3) is 9.14. The Kier molecular flexibility index (Phi) is 11.4. The molecule has 0 aromatic heterocycles. The molecule has 2 N–H and O–H groups in total. The van der Waals surface area contributed by atoms with Gasteiger partial charge in [-0.15, -0.1) is 11.8 Å². The van der Waals surface area contributed by atoms with Crippen LogP contribution in [0.2, 0.25) is 0 Å². The van der Waals surface area contributed by atoms with Gasteiger partial charge >= 0.3 is 0 Å². The van der Waals surface area contributed by atoms with Crippen LogP contribution in [0, 0.1) is 29.1 Å². The lowest BCUT2D eigenvalue weighted by Crippen LogP contribution is -2.61. The number of nitrogens with one attached hydrogen (secondary N) is 2. The number of hydrogen-bond acceptors (Lipinski definition) is 8. The molecular formula is C47H63N5O3S2. The molecular weight excluding hydrogens is 747 g/mol. The van der Waals surface area contributed by atoms with Crippen LogP contribution < -0.4 is 14.9 Å². The molecule has 8 nitrogen and oxygen atoms in total. The lowest BCUT2D eigenvalue weighted by Gasteiger charge is -2.72. The zero-order chi connectivity index (χ0) is 40.0. The number of nitrogens with zero attached hydrogens (tertiary/aromatic N) is 3. The smallest absolute Gasteiger partial charge is 0.264 e. The van der Waals surface area contributed by atoms with Crippen molar-refractivity contribution in [3.63, 3.8) is 0 Å². The van der Waals surface area contributed by atoms with E-state index in [0.29, 0.717) is 21.8 Å². The molecule has 2 aliphatic heterocycles. The van der Waals surface area contributed by atoms with Gasteiger partial charge in [0.15, 0.2) is 0 Å². The second-order valence-electron chi connectivity index (χ2n) is 19.4. The fraction of sp³-hybridized carbons (Fsp3) is 0.553. The zero-order valence-electron chi connectivity index (χ0n) is 34.8. The first-order valence-electron chi connectivity index (χ1n) is 21.3. The highest BCUT2D eigenvalue weighted by Gasteiger charge is 2.66. The van der Waals surface area contributed by atoms with Crippen molar-refractivity contribution in [1.82, 2.24) is 14.5 Å². The number of benzene rings is 3. The molecule has 3 aromatic rings. The maximum atomic E-state index is 13.5. The van der Waals surface area contributed by atoms with E-state index in [1.165, 1.54) is 43.4 Å². The van der Waals surface area contributed by atoms with Gasteiger partial charge in [0, 0.05) is 86.0 Å². The van der Waals surface area contributed by atoms with Gasteiger partial charge in [0.1, 0.15) is 0 Å². The Labute approximate surface area is 346 Å². The van der Waals surface area contributed by atoms with Crippen molar-refractivity contribution in [3.05, 3.63) is 95.1 Å². The predicted molar refractivity (Wildman–Crippen MR) is 235 cm³/mol. The number of likely N-dealkylation sites (tertiary alicyclic amines) is 1. The van der Waals surface area contributed by atoms with Gasteiger partial charge in [0.05, 0.1) is 4.90 Å². The molecule has 3 aromatic carbocycles. The first-order valence-corrected chi connectivity index (χ1v) is 23.8. The molecule has 57 heavy (non-hydrogen) atoms. The zero-order valence-corrected chi connectivity index (χ0v) is 36.4. The third-order valence-corrected chi connectivity index (χ3v) is 16.1. The molecule has 10 heteroatoms. The van der Waals surface area contributed by atoms with Crippen LogP contribution in [0.4, 0.5) is 11.4 Å². The highest BCUT2D eigenvalue weighted by Crippen LogP contribution is 2.77. The van der Waals surface area contributed by atoms with Crippen molar-refractivity contribution >= 4 is 39.1 Å². The second kappa shape index (κ2) is 16.0. The van der Waals surface area contributed by atoms with Crippen LogP contribution in [-0.2, 0) is 10.0 Å². The SMILES string of the molecule is Cc1cc(S(=O)(=O)NC(=O)c2ccc(N3CCN(CC4=C(C56CC(C)(C5)C6)CC(C)(C)CC4)CC3)cc2)ccc1N[C@H](CCN1CC(C)C1)CSc1ccccc1. The first-order chi connectivity index (χ1) is 27.2. The molecule has 9 rings (SSSR count). The van der Waals surface area contributed by atoms with E-state index in [4.69, 9.17) is 0 Å². The number of piperazine rings is 1. The topological polar surface area (TPSA) is 85.0 Å². The quantitative estimate of drug-likeness (QED) is 0.117. The highest BCUT2D eigenvalue weighted by molar-refractivity contribution is 7.99. The van der Waals surface area contributed by atoms with Crippen molar-refractivity contribution < 1.29 is 13.2 Å². The third-order valence-electron chi connectivity index (χ3n) is 13.6. The van der Waals surface area contributed by atoms with E-state index in [-0.39, 0.29) is 10.9 Å². The van der Waals surface area contributed by atoms with E-state index in [1.807, 2.05) is 48.5 Å². The monoisotopic (exact) mass is 809 g/mol. The second-order valence-corrected chi connectivity index (χ2v) is 22.2. The number of amides is 1. The van der Waals surface area contributed by atoms with Gasteiger partial charge in [0.2, 0.25) is 0 Å². The lowest BCUT2D eigenvalue weighted by atomic mass is 9.33. The minimum atomic E-state index is -4.07. The molecule has 2 saturated heterocycles. The standard InChI is InChI=1S/C47H63N5O3S2/c1-34-27-51(28-34)20-18-38(30-56-40-9-7-6-8-10-40)48-43-16-15-41(25-35(43)2)57(54,55)49-44(53)36-11-13-39(14-12-36)52-23-21-50(22-24-52)29-37-17-19-45(3,4)26-42(37)47-31-46(5,32-47)33-47/h6-16,25,34,38,48H,17-24,26-33H2,1-5H3,(H,49,53)/t38-,46?,47?/m1/s1. The van der Waals surface area contributed by atoms with Crippen LogP contribution in [0.3, 0.4) is 0 Å². The fourth-order valence-electron chi connectivity index (χ4n) is 10.6. The Morgan fingerprint density at radius 2 is 1.61 bits per heavy atom. The summed E-state index contributed by atoms with van der Waals surface area (Å²) in [5, 5.41) is 3.71. The van der Waals surface area contributed by atoms with E-state index >= 15 is 0 Å². The van der Waals surface area contributed by atoms with Gasteiger partial charge < -0.3 is 15.1 Å². The van der Waals surface area contributed by atoms with Gasteiger partial charge in [-0.3, -0.25) is 9.69 Å². The number of sulfonamides is 1. The van der Waals surface area contributed by atoms with Crippen LogP contribution in [0.1, 0.15) is 88.6 Å². The van der Waals surface area contributed by atoms with Crippen LogP contribution in [0.5, 0.6) is 0 Å². The van der Waals surface area contributed by atoms with Crippen LogP contribution in [0.15, 0.2) is 93.7 Å². The summed E-state index contributed by atoms with van der Waals surface area (Å²) in [6.07, 6.45) is 9.02. The number of hydrogen-bond donors (Lipinski definition) is 2. The molecule has 0 unspecified atom stereocenters. The molecule has 0 radical (unpaired) electrons. The Hall–Kier alpha value is -3.31. The number of carbonyl (C=O) groups excluding carboxylic acids is 1. The molecule has 2 bridgehead atoms. The van der Waals surface area contributed by atoms with Gasteiger partial charge in [-0.1, -0.05) is 57.0 Å². The molecule has 4 aliphatic carbocycles. The summed E-state index contributed by atoms with van der Waals surface area (Å²) in [6, 6.07) is 23.1. The maximum absolute atomic E-state index is 13.5.